The molecule has 1 aromatic carbocycles. The molecule has 1 aliphatic rings. The van der Waals surface area contributed by atoms with Crippen LogP contribution in [-0.2, 0) is 10.2 Å². The number of rotatable bonds is 6. The lowest BCUT2D eigenvalue weighted by molar-refractivity contribution is 0.185. The first kappa shape index (κ1) is 12.5. The summed E-state index contributed by atoms with van der Waals surface area (Å²) in [5, 5.41) is 3.40. The van der Waals surface area contributed by atoms with Gasteiger partial charge in [-0.2, -0.15) is 0 Å². The van der Waals surface area contributed by atoms with Crippen molar-refractivity contribution in [3.8, 4) is 0 Å². The SMILES string of the molecule is COCCNCC1(c2cccc(F)c2)CCC1. The Kier molecular flexibility index (Phi) is 4.13. The van der Waals surface area contributed by atoms with E-state index in [2.05, 4.69) is 5.32 Å². The van der Waals surface area contributed by atoms with Crippen LogP contribution in [0.4, 0.5) is 4.39 Å². The Labute approximate surface area is 102 Å². The summed E-state index contributed by atoms with van der Waals surface area (Å²) in [6, 6.07) is 7.03. The van der Waals surface area contributed by atoms with E-state index in [1.54, 1.807) is 19.2 Å². The Balaban J connectivity index is 1.99. The lowest BCUT2D eigenvalue weighted by atomic mass is 9.64. The van der Waals surface area contributed by atoms with Crippen molar-refractivity contribution in [2.24, 2.45) is 0 Å². The van der Waals surface area contributed by atoms with Gasteiger partial charge < -0.3 is 10.1 Å². The molecule has 1 N–H and O–H groups in total. The van der Waals surface area contributed by atoms with Crippen LogP contribution in [0.1, 0.15) is 24.8 Å². The predicted molar refractivity (Wildman–Crippen MR) is 66.7 cm³/mol. The van der Waals surface area contributed by atoms with Crippen molar-refractivity contribution >= 4 is 0 Å². The van der Waals surface area contributed by atoms with Crippen molar-refractivity contribution in [2.45, 2.75) is 24.7 Å². The summed E-state index contributed by atoms with van der Waals surface area (Å²) in [7, 11) is 1.70. The zero-order valence-electron chi connectivity index (χ0n) is 10.3. The van der Waals surface area contributed by atoms with Crippen LogP contribution in [0.15, 0.2) is 24.3 Å². The fourth-order valence-corrected chi connectivity index (χ4v) is 2.49. The molecule has 0 aromatic heterocycles. The molecule has 1 saturated carbocycles. The normalized spacial score (nSPS) is 17.8. The molecule has 17 heavy (non-hydrogen) atoms. The van der Waals surface area contributed by atoms with Gasteiger partial charge in [0.05, 0.1) is 6.61 Å². The average Bonchev–Trinajstić information content (AvgIpc) is 2.27. The Morgan fingerprint density at radius 3 is 2.82 bits per heavy atom. The molecule has 2 nitrogen and oxygen atoms in total. The lowest BCUT2D eigenvalue weighted by Crippen LogP contribution is -2.44. The molecule has 1 aromatic rings. The van der Waals surface area contributed by atoms with Gasteiger partial charge in [-0.1, -0.05) is 18.6 Å². The molecule has 0 radical (unpaired) electrons. The molecule has 0 aliphatic heterocycles. The summed E-state index contributed by atoms with van der Waals surface area (Å²) in [5.74, 6) is -0.134. The van der Waals surface area contributed by atoms with Crippen LogP contribution in [-0.4, -0.2) is 26.8 Å². The highest BCUT2D eigenvalue weighted by molar-refractivity contribution is 5.29. The molecular formula is C14H20FNO. The summed E-state index contributed by atoms with van der Waals surface area (Å²) in [5.41, 5.74) is 1.28. The second-order valence-corrected chi connectivity index (χ2v) is 4.81. The quantitative estimate of drug-likeness (QED) is 0.767. The minimum absolute atomic E-state index is 0.134. The standard InChI is InChI=1S/C14H20FNO/c1-17-9-8-16-11-14(6-3-7-14)12-4-2-5-13(15)10-12/h2,4-5,10,16H,3,6-9,11H2,1H3. The van der Waals surface area contributed by atoms with Crippen molar-refractivity contribution in [3.63, 3.8) is 0 Å². The van der Waals surface area contributed by atoms with Crippen LogP contribution >= 0.6 is 0 Å². The molecular weight excluding hydrogens is 217 g/mol. The van der Waals surface area contributed by atoms with Gasteiger partial charge in [-0.3, -0.25) is 0 Å². The number of nitrogens with one attached hydrogen (secondary N) is 1. The average molecular weight is 237 g/mol. The molecule has 0 bridgehead atoms. The first-order valence-corrected chi connectivity index (χ1v) is 6.23. The van der Waals surface area contributed by atoms with Crippen molar-refractivity contribution in [3.05, 3.63) is 35.6 Å². The summed E-state index contributed by atoms with van der Waals surface area (Å²) in [6.07, 6.45) is 3.54. The van der Waals surface area contributed by atoms with E-state index >= 15 is 0 Å². The molecule has 0 spiro atoms. The molecule has 2 rings (SSSR count). The Morgan fingerprint density at radius 2 is 2.24 bits per heavy atom. The van der Waals surface area contributed by atoms with E-state index in [1.807, 2.05) is 6.07 Å². The van der Waals surface area contributed by atoms with Crippen LogP contribution in [0, 0.1) is 5.82 Å². The Morgan fingerprint density at radius 1 is 1.41 bits per heavy atom. The maximum atomic E-state index is 13.3. The molecule has 1 fully saturated rings. The third kappa shape index (κ3) is 2.85. The highest BCUT2D eigenvalue weighted by atomic mass is 19.1. The van der Waals surface area contributed by atoms with Crippen molar-refractivity contribution in [1.29, 1.82) is 0 Å². The van der Waals surface area contributed by atoms with Gasteiger partial charge in [-0.15, -0.1) is 0 Å². The van der Waals surface area contributed by atoms with Gasteiger partial charge in [0.25, 0.3) is 0 Å². The van der Waals surface area contributed by atoms with E-state index in [1.165, 1.54) is 12.5 Å². The lowest BCUT2D eigenvalue weighted by Gasteiger charge is -2.42. The van der Waals surface area contributed by atoms with Gasteiger partial charge in [0.1, 0.15) is 5.82 Å². The number of methoxy groups -OCH3 is 1. The zero-order valence-corrected chi connectivity index (χ0v) is 10.3. The van der Waals surface area contributed by atoms with E-state index in [0.29, 0.717) is 0 Å². The molecule has 3 heteroatoms. The zero-order chi connectivity index (χ0) is 12.1. The molecule has 0 saturated heterocycles. The molecule has 0 amide bonds. The number of benzene rings is 1. The first-order valence-electron chi connectivity index (χ1n) is 6.23. The first-order chi connectivity index (χ1) is 8.27. The van der Waals surface area contributed by atoms with Crippen LogP contribution in [0.3, 0.4) is 0 Å². The van der Waals surface area contributed by atoms with Gasteiger partial charge in [0.15, 0.2) is 0 Å². The molecule has 0 unspecified atom stereocenters. The predicted octanol–water partition coefficient (Wildman–Crippen LogP) is 2.48. The number of ether oxygens (including phenoxy) is 1. The number of hydrogen-bond donors (Lipinski definition) is 1. The maximum Gasteiger partial charge on any atom is 0.123 e. The highest BCUT2D eigenvalue weighted by Gasteiger charge is 2.38. The van der Waals surface area contributed by atoms with Gasteiger partial charge in [-0.05, 0) is 30.5 Å². The molecule has 94 valence electrons. The van der Waals surface area contributed by atoms with E-state index in [9.17, 15) is 4.39 Å². The Hall–Kier alpha value is -0.930. The second kappa shape index (κ2) is 5.61. The minimum Gasteiger partial charge on any atom is -0.383 e. The van der Waals surface area contributed by atoms with Crippen molar-refractivity contribution in [2.75, 3.05) is 26.8 Å². The number of hydrogen-bond acceptors (Lipinski definition) is 2. The van der Waals surface area contributed by atoms with Gasteiger partial charge >= 0.3 is 0 Å². The maximum absolute atomic E-state index is 13.3. The number of halogens is 1. The van der Waals surface area contributed by atoms with Gasteiger partial charge in [0, 0.05) is 25.6 Å². The third-order valence-electron chi connectivity index (χ3n) is 3.69. The van der Waals surface area contributed by atoms with E-state index < -0.39 is 0 Å². The third-order valence-corrected chi connectivity index (χ3v) is 3.69. The minimum atomic E-state index is -0.134. The summed E-state index contributed by atoms with van der Waals surface area (Å²) in [6.45, 7) is 2.49. The van der Waals surface area contributed by atoms with Gasteiger partial charge in [-0.25, -0.2) is 4.39 Å². The van der Waals surface area contributed by atoms with Gasteiger partial charge in [0.2, 0.25) is 0 Å². The van der Waals surface area contributed by atoms with Crippen LogP contribution in [0.2, 0.25) is 0 Å². The smallest absolute Gasteiger partial charge is 0.123 e. The monoisotopic (exact) mass is 237 g/mol. The fraction of sp³-hybridized carbons (Fsp3) is 0.571. The summed E-state index contributed by atoms with van der Waals surface area (Å²) >= 11 is 0. The largest absolute Gasteiger partial charge is 0.383 e. The van der Waals surface area contributed by atoms with Crippen molar-refractivity contribution in [1.82, 2.24) is 5.32 Å². The van der Waals surface area contributed by atoms with Crippen LogP contribution in [0.5, 0.6) is 0 Å². The second-order valence-electron chi connectivity index (χ2n) is 4.81. The Bertz CT molecular complexity index is 363. The topological polar surface area (TPSA) is 21.3 Å². The van der Waals surface area contributed by atoms with Crippen molar-refractivity contribution < 1.29 is 9.13 Å². The van der Waals surface area contributed by atoms with E-state index in [4.69, 9.17) is 4.74 Å². The molecule has 0 atom stereocenters. The highest BCUT2D eigenvalue weighted by Crippen LogP contribution is 2.43. The van der Waals surface area contributed by atoms with Crippen LogP contribution < -0.4 is 5.32 Å². The summed E-state index contributed by atoms with van der Waals surface area (Å²) < 4.78 is 18.3. The van der Waals surface area contributed by atoms with E-state index in [-0.39, 0.29) is 11.2 Å². The summed E-state index contributed by atoms with van der Waals surface area (Å²) in [4.78, 5) is 0. The van der Waals surface area contributed by atoms with E-state index in [0.717, 1.165) is 38.1 Å². The van der Waals surface area contributed by atoms with Crippen LogP contribution in [0.25, 0.3) is 0 Å². The molecule has 0 heterocycles. The molecule has 1 aliphatic carbocycles. The fourth-order valence-electron chi connectivity index (χ4n) is 2.49.